The van der Waals surface area contributed by atoms with E-state index in [0.29, 0.717) is 10.7 Å². The van der Waals surface area contributed by atoms with Crippen LogP contribution in [0.3, 0.4) is 0 Å². The molecule has 28 heavy (non-hydrogen) atoms. The first-order valence-corrected chi connectivity index (χ1v) is 10.4. The summed E-state index contributed by atoms with van der Waals surface area (Å²) in [4.78, 5) is 17.4. The third kappa shape index (κ3) is 4.37. The van der Waals surface area contributed by atoms with Crippen LogP contribution in [0, 0.1) is 12.7 Å². The average molecular weight is 410 g/mol. The minimum absolute atomic E-state index is 0.220. The van der Waals surface area contributed by atoms with E-state index in [1.54, 1.807) is 36.0 Å². The molecule has 2 heterocycles. The number of nitrogens with zero attached hydrogens (tertiary/aromatic N) is 3. The molecule has 0 fully saturated rings. The zero-order chi connectivity index (χ0) is 19.5. The number of aryl methyl sites for hydroxylation is 1. The number of halogens is 1. The van der Waals surface area contributed by atoms with E-state index in [4.69, 9.17) is 0 Å². The molecule has 0 aliphatic rings. The summed E-state index contributed by atoms with van der Waals surface area (Å²) in [5.41, 5.74) is 3.60. The topological polar surface area (TPSA) is 47.3 Å². The van der Waals surface area contributed by atoms with Crippen molar-refractivity contribution in [3.63, 3.8) is 0 Å². The molecule has 4 aromatic rings. The van der Waals surface area contributed by atoms with E-state index in [1.165, 1.54) is 45.2 Å². The van der Waals surface area contributed by atoms with E-state index in [-0.39, 0.29) is 11.4 Å². The van der Waals surface area contributed by atoms with Gasteiger partial charge in [-0.25, -0.2) is 9.37 Å². The number of aromatic nitrogens is 3. The summed E-state index contributed by atoms with van der Waals surface area (Å²) in [5.74, 6) is 0.502. The van der Waals surface area contributed by atoms with Crippen molar-refractivity contribution in [3.8, 4) is 0 Å². The highest BCUT2D eigenvalue weighted by Gasteiger charge is 2.09. The van der Waals surface area contributed by atoms with E-state index < -0.39 is 0 Å². The lowest BCUT2D eigenvalue weighted by Gasteiger charge is -1.98. The largest absolute Gasteiger partial charge is 0.275 e. The maximum Gasteiger partial charge on any atom is 0.275 e. The fourth-order valence-corrected chi connectivity index (χ4v) is 4.44. The summed E-state index contributed by atoms with van der Waals surface area (Å²) >= 11 is 2.98. The van der Waals surface area contributed by atoms with Gasteiger partial charge in [0.1, 0.15) is 5.82 Å². The molecule has 0 aliphatic carbocycles. The number of hydrogen-bond acceptors (Lipinski definition) is 5. The Balaban J connectivity index is 1.54. The van der Waals surface area contributed by atoms with E-state index in [2.05, 4.69) is 41.3 Å². The summed E-state index contributed by atoms with van der Waals surface area (Å²) in [6.45, 7) is 2.06. The average Bonchev–Trinajstić information content (AvgIpc) is 3.11. The molecule has 2 aromatic carbocycles. The number of thioether (sulfide) groups is 1. The van der Waals surface area contributed by atoms with E-state index in [9.17, 15) is 9.18 Å². The minimum Gasteiger partial charge on any atom is -0.267 e. The number of rotatable bonds is 5. The van der Waals surface area contributed by atoms with E-state index >= 15 is 0 Å². The summed E-state index contributed by atoms with van der Waals surface area (Å²) in [7, 11) is 0. The van der Waals surface area contributed by atoms with Crippen LogP contribution >= 0.6 is 23.1 Å². The molecular formula is C21H16FN3OS2. The molecule has 0 spiro atoms. The quantitative estimate of drug-likeness (QED) is 0.432. The van der Waals surface area contributed by atoms with Crippen molar-refractivity contribution in [1.29, 1.82) is 0 Å². The molecule has 4 rings (SSSR count). The van der Waals surface area contributed by atoms with Crippen LogP contribution in [0.25, 0.3) is 17.1 Å². The van der Waals surface area contributed by atoms with Gasteiger partial charge in [-0.05, 0) is 36.3 Å². The van der Waals surface area contributed by atoms with Crippen molar-refractivity contribution in [3.05, 3.63) is 93.2 Å². The standard InChI is InChI=1S/C21H16FN3OS2/c1-14-2-4-16(5-3-14)13-27-21-24-25-19(26)12-18(23-20(25)28-21)11-8-15-6-9-17(22)10-7-15/h2-12H,13H2,1H3. The van der Waals surface area contributed by atoms with Gasteiger partial charge in [0.15, 0.2) is 4.34 Å². The Morgan fingerprint density at radius 2 is 1.86 bits per heavy atom. The molecule has 0 saturated carbocycles. The van der Waals surface area contributed by atoms with E-state index in [1.807, 2.05) is 0 Å². The van der Waals surface area contributed by atoms with Crippen LogP contribution in [0.1, 0.15) is 22.4 Å². The summed E-state index contributed by atoms with van der Waals surface area (Å²) in [6.07, 6.45) is 3.54. The smallest absolute Gasteiger partial charge is 0.267 e. The fraction of sp³-hybridized carbons (Fsp3) is 0.0952. The molecule has 0 atom stereocenters. The van der Waals surface area contributed by atoms with Gasteiger partial charge in [-0.3, -0.25) is 4.79 Å². The summed E-state index contributed by atoms with van der Waals surface area (Å²) in [6, 6.07) is 15.9. The van der Waals surface area contributed by atoms with Crippen molar-refractivity contribution in [1.82, 2.24) is 14.6 Å². The zero-order valence-electron chi connectivity index (χ0n) is 15.0. The highest BCUT2D eigenvalue weighted by molar-refractivity contribution is 8.00. The van der Waals surface area contributed by atoms with Gasteiger partial charge in [0.05, 0.1) is 5.69 Å². The van der Waals surface area contributed by atoms with Crippen LogP contribution in [-0.2, 0) is 5.75 Å². The summed E-state index contributed by atoms with van der Waals surface area (Å²) < 4.78 is 15.1. The predicted octanol–water partition coefficient (Wildman–Crippen LogP) is 5.06. The molecule has 2 aromatic heterocycles. The van der Waals surface area contributed by atoms with Gasteiger partial charge in [0, 0.05) is 11.8 Å². The van der Waals surface area contributed by atoms with Gasteiger partial charge in [-0.1, -0.05) is 71.1 Å². The normalized spacial score (nSPS) is 11.5. The highest BCUT2D eigenvalue weighted by atomic mass is 32.2. The van der Waals surface area contributed by atoms with Crippen LogP contribution < -0.4 is 5.56 Å². The van der Waals surface area contributed by atoms with Gasteiger partial charge in [0.25, 0.3) is 5.56 Å². The third-order valence-corrected chi connectivity index (χ3v) is 6.16. The second kappa shape index (κ2) is 8.08. The Morgan fingerprint density at radius 1 is 1.11 bits per heavy atom. The first-order chi connectivity index (χ1) is 13.6. The molecule has 0 saturated heterocycles. The van der Waals surface area contributed by atoms with Gasteiger partial charge in [-0.2, -0.15) is 4.52 Å². The third-order valence-electron chi connectivity index (χ3n) is 4.05. The van der Waals surface area contributed by atoms with Crippen molar-refractivity contribution < 1.29 is 4.39 Å². The van der Waals surface area contributed by atoms with Crippen LogP contribution in [0.2, 0.25) is 0 Å². The minimum atomic E-state index is -0.282. The molecule has 7 heteroatoms. The van der Waals surface area contributed by atoms with E-state index in [0.717, 1.165) is 15.7 Å². The maximum absolute atomic E-state index is 13.0. The highest BCUT2D eigenvalue weighted by Crippen LogP contribution is 2.26. The molecule has 4 nitrogen and oxygen atoms in total. The Hall–Kier alpha value is -2.77. The zero-order valence-corrected chi connectivity index (χ0v) is 16.6. The second-order valence-corrected chi connectivity index (χ2v) is 8.42. The Labute approximate surface area is 169 Å². The molecule has 0 bridgehead atoms. The van der Waals surface area contributed by atoms with Gasteiger partial charge >= 0.3 is 0 Å². The van der Waals surface area contributed by atoms with Gasteiger partial charge in [-0.15, -0.1) is 5.10 Å². The summed E-state index contributed by atoms with van der Waals surface area (Å²) in [5, 5.41) is 4.37. The van der Waals surface area contributed by atoms with Crippen LogP contribution in [0.5, 0.6) is 0 Å². The lowest BCUT2D eigenvalue weighted by atomic mass is 10.2. The molecule has 0 aliphatic heterocycles. The molecule has 0 amide bonds. The van der Waals surface area contributed by atoms with Crippen LogP contribution in [0.15, 0.2) is 63.7 Å². The number of benzene rings is 2. The van der Waals surface area contributed by atoms with Crippen molar-refractivity contribution in [2.75, 3.05) is 0 Å². The van der Waals surface area contributed by atoms with Crippen LogP contribution in [0.4, 0.5) is 4.39 Å². The lowest BCUT2D eigenvalue weighted by Crippen LogP contribution is -2.14. The number of hydrogen-bond donors (Lipinski definition) is 0. The van der Waals surface area contributed by atoms with Crippen molar-refractivity contribution in [2.24, 2.45) is 0 Å². The number of fused-ring (bicyclic) bond motifs is 1. The fourth-order valence-electron chi connectivity index (χ4n) is 2.54. The maximum atomic E-state index is 13.0. The Morgan fingerprint density at radius 3 is 2.61 bits per heavy atom. The first kappa shape index (κ1) is 18.6. The second-order valence-electron chi connectivity index (χ2n) is 6.24. The molecular weight excluding hydrogens is 393 g/mol. The van der Waals surface area contributed by atoms with Gasteiger partial charge < -0.3 is 0 Å². The SMILES string of the molecule is Cc1ccc(CSc2nn3c(=O)cc(C=Cc4ccc(F)cc4)nc3s2)cc1. The monoisotopic (exact) mass is 409 g/mol. The lowest BCUT2D eigenvalue weighted by molar-refractivity contribution is 0.628. The molecule has 0 unspecified atom stereocenters. The molecule has 140 valence electrons. The molecule has 0 radical (unpaired) electrons. The van der Waals surface area contributed by atoms with Gasteiger partial charge in [0.2, 0.25) is 4.96 Å². The van der Waals surface area contributed by atoms with Crippen molar-refractivity contribution >= 4 is 40.2 Å². The van der Waals surface area contributed by atoms with Crippen molar-refractivity contribution in [2.45, 2.75) is 17.0 Å². The first-order valence-electron chi connectivity index (χ1n) is 8.60. The van der Waals surface area contributed by atoms with Crippen LogP contribution in [-0.4, -0.2) is 14.6 Å². The Bertz CT molecular complexity index is 1200. The molecule has 0 N–H and O–H groups in total. The predicted molar refractivity (Wildman–Crippen MR) is 113 cm³/mol. The Kier molecular flexibility index (Phi) is 5.36.